The second-order valence-electron chi connectivity index (χ2n) is 2.97. The summed E-state index contributed by atoms with van der Waals surface area (Å²) in [4.78, 5) is 12.1. The minimum absolute atomic E-state index is 0.108. The van der Waals surface area contributed by atoms with Gasteiger partial charge >= 0.3 is 5.97 Å². The van der Waals surface area contributed by atoms with Crippen molar-refractivity contribution in [1.82, 2.24) is 4.90 Å². The smallest absolute Gasteiger partial charge is 0.317 e. The second-order valence-corrected chi connectivity index (χ2v) is 2.97. The fraction of sp³-hybridized carbons (Fsp3) is 0.857. The van der Waals surface area contributed by atoms with Crippen LogP contribution in [0.5, 0.6) is 0 Å². The zero-order chi connectivity index (χ0) is 8.27. The van der Waals surface area contributed by atoms with Crippen LogP contribution in [0.1, 0.15) is 6.42 Å². The first-order valence-corrected chi connectivity index (χ1v) is 3.77. The van der Waals surface area contributed by atoms with Crippen LogP contribution in [-0.4, -0.2) is 47.3 Å². The van der Waals surface area contributed by atoms with Crippen molar-refractivity contribution in [3.05, 3.63) is 0 Å². The SMILES string of the molecule is O=C(O)CN1CC[C@H](CO)C1. The van der Waals surface area contributed by atoms with Gasteiger partial charge < -0.3 is 10.2 Å². The molecule has 1 aliphatic heterocycles. The van der Waals surface area contributed by atoms with Gasteiger partial charge in [-0.15, -0.1) is 0 Å². The highest BCUT2D eigenvalue weighted by atomic mass is 16.4. The third kappa shape index (κ3) is 2.48. The molecule has 2 N–H and O–H groups in total. The lowest BCUT2D eigenvalue weighted by Crippen LogP contribution is -2.27. The Hall–Kier alpha value is -0.610. The molecule has 0 aromatic heterocycles. The molecule has 0 bridgehead atoms. The van der Waals surface area contributed by atoms with Crippen molar-refractivity contribution in [1.29, 1.82) is 0 Å². The van der Waals surface area contributed by atoms with E-state index >= 15 is 0 Å². The molecule has 1 heterocycles. The van der Waals surface area contributed by atoms with Crippen molar-refractivity contribution < 1.29 is 15.0 Å². The maximum Gasteiger partial charge on any atom is 0.317 e. The van der Waals surface area contributed by atoms with Gasteiger partial charge in [0.1, 0.15) is 0 Å². The molecule has 0 radical (unpaired) electrons. The summed E-state index contributed by atoms with van der Waals surface area (Å²) in [5.74, 6) is -0.502. The largest absolute Gasteiger partial charge is 0.480 e. The standard InChI is InChI=1S/C7H13NO3/c9-5-6-1-2-8(3-6)4-7(10)11/h6,9H,1-5H2,(H,10,11)/t6-/m0/s1. The number of aliphatic hydroxyl groups is 1. The number of nitrogens with zero attached hydrogens (tertiary/aromatic N) is 1. The van der Waals surface area contributed by atoms with Crippen molar-refractivity contribution >= 4 is 5.97 Å². The van der Waals surface area contributed by atoms with Crippen molar-refractivity contribution in [2.75, 3.05) is 26.2 Å². The molecule has 0 unspecified atom stereocenters. The monoisotopic (exact) mass is 159 g/mol. The van der Waals surface area contributed by atoms with Crippen molar-refractivity contribution in [3.8, 4) is 0 Å². The minimum Gasteiger partial charge on any atom is -0.480 e. The van der Waals surface area contributed by atoms with Gasteiger partial charge in [0, 0.05) is 13.2 Å². The van der Waals surface area contributed by atoms with E-state index in [1.54, 1.807) is 0 Å². The number of rotatable bonds is 3. The number of hydrogen-bond acceptors (Lipinski definition) is 3. The Labute approximate surface area is 65.4 Å². The van der Waals surface area contributed by atoms with E-state index in [9.17, 15) is 4.79 Å². The normalized spacial score (nSPS) is 25.7. The molecule has 0 aromatic rings. The van der Waals surface area contributed by atoms with Gasteiger partial charge in [0.15, 0.2) is 0 Å². The zero-order valence-corrected chi connectivity index (χ0v) is 6.36. The van der Waals surface area contributed by atoms with Crippen LogP contribution in [0.25, 0.3) is 0 Å². The lowest BCUT2D eigenvalue weighted by atomic mass is 10.1. The van der Waals surface area contributed by atoms with E-state index in [4.69, 9.17) is 10.2 Å². The number of aliphatic hydroxyl groups excluding tert-OH is 1. The Kier molecular flexibility index (Phi) is 2.84. The summed E-state index contributed by atoms with van der Waals surface area (Å²) in [6, 6.07) is 0. The summed E-state index contributed by atoms with van der Waals surface area (Å²) in [5, 5.41) is 17.2. The molecule has 1 aliphatic rings. The average Bonchev–Trinajstić information content (AvgIpc) is 2.34. The molecule has 1 rings (SSSR count). The highest BCUT2D eigenvalue weighted by Crippen LogP contribution is 2.14. The summed E-state index contributed by atoms with van der Waals surface area (Å²) in [6.45, 7) is 1.81. The molecule has 4 heteroatoms. The first-order chi connectivity index (χ1) is 5.22. The van der Waals surface area contributed by atoms with Crippen LogP contribution in [0.15, 0.2) is 0 Å². The molecule has 4 nitrogen and oxygen atoms in total. The summed E-state index contributed by atoms with van der Waals surface area (Å²) in [5.41, 5.74) is 0. The van der Waals surface area contributed by atoms with Gasteiger partial charge in [-0.3, -0.25) is 9.69 Å². The van der Waals surface area contributed by atoms with Crippen LogP contribution in [0.4, 0.5) is 0 Å². The van der Waals surface area contributed by atoms with Gasteiger partial charge in [-0.1, -0.05) is 0 Å². The van der Waals surface area contributed by atoms with Crippen LogP contribution < -0.4 is 0 Å². The molecule has 64 valence electrons. The van der Waals surface area contributed by atoms with Crippen LogP contribution in [0.3, 0.4) is 0 Å². The Morgan fingerprint density at radius 3 is 2.82 bits per heavy atom. The fourth-order valence-corrected chi connectivity index (χ4v) is 1.40. The van der Waals surface area contributed by atoms with Crippen molar-refractivity contribution in [3.63, 3.8) is 0 Å². The Balaban J connectivity index is 2.24. The molecule has 0 spiro atoms. The summed E-state index contributed by atoms with van der Waals surface area (Å²) < 4.78 is 0. The molecule has 0 aliphatic carbocycles. The molecular weight excluding hydrogens is 146 g/mol. The van der Waals surface area contributed by atoms with Crippen molar-refractivity contribution in [2.24, 2.45) is 5.92 Å². The van der Waals surface area contributed by atoms with Gasteiger partial charge in [0.25, 0.3) is 0 Å². The van der Waals surface area contributed by atoms with Crippen LogP contribution in [0.2, 0.25) is 0 Å². The molecular formula is C7H13NO3. The van der Waals surface area contributed by atoms with Crippen molar-refractivity contribution in [2.45, 2.75) is 6.42 Å². The van der Waals surface area contributed by atoms with E-state index in [2.05, 4.69) is 0 Å². The number of hydrogen-bond donors (Lipinski definition) is 2. The molecule has 11 heavy (non-hydrogen) atoms. The molecule has 1 saturated heterocycles. The Morgan fingerprint density at radius 1 is 1.64 bits per heavy atom. The third-order valence-corrected chi connectivity index (χ3v) is 1.99. The van der Waals surface area contributed by atoms with Gasteiger partial charge in [-0.2, -0.15) is 0 Å². The van der Waals surface area contributed by atoms with E-state index in [1.807, 2.05) is 4.90 Å². The lowest BCUT2D eigenvalue weighted by molar-refractivity contribution is -0.138. The highest BCUT2D eigenvalue weighted by Gasteiger charge is 2.22. The summed E-state index contributed by atoms with van der Waals surface area (Å²) >= 11 is 0. The number of aliphatic carboxylic acids is 1. The van der Waals surface area contributed by atoms with Crippen LogP contribution >= 0.6 is 0 Å². The summed E-state index contributed by atoms with van der Waals surface area (Å²) in [7, 11) is 0. The molecule has 1 atom stereocenters. The van der Waals surface area contributed by atoms with Crippen LogP contribution in [-0.2, 0) is 4.79 Å². The Bertz CT molecular complexity index is 149. The van der Waals surface area contributed by atoms with E-state index < -0.39 is 5.97 Å². The van der Waals surface area contributed by atoms with Gasteiger partial charge in [-0.25, -0.2) is 0 Å². The first kappa shape index (κ1) is 8.49. The maximum atomic E-state index is 10.2. The van der Waals surface area contributed by atoms with E-state index in [1.165, 1.54) is 0 Å². The molecule has 0 saturated carbocycles. The number of carbonyl (C=O) groups is 1. The summed E-state index contributed by atoms with van der Waals surface area (Å²) in [6.07, 6.45) is 0.920. The lowest BCUT2D eigenvalue weighted by Gasteiger charge is -2.11. The van der Waals surface area contributed by atoms with Crippen LogP contribution in [0, 0.1) is 5.92 Å². The fourth-order valence-electron chi connectivity index (χ4n) is 1.40. The highest BCUT2D eigenvalue weighted by molar-refractivity contribution is 5.69. The quantitative estimate of drug-likeness (QED) is 0.576. The third-order valence-electron chi connectivity index (χ3n) is 1.99. The predicted molar refractivity (Wildman–Crippen MR) is 39.3 cm³/mol. The minimum atomic E-state index is -0.788. The maximum absolute atomic E-state index is 10.2. The number of carboxylic acid groups (broad SMARTS) is 1. The number of carboxylic acids is 1. The van der Waals surface area contributed by atoms with E-state index in [0.717, 1.165) is 19.5 Å². The molecule has 0 aromatic carbocycles. The van der Waals surface area contributed by atoms with E-state index in [0.29, 0.717) is 0 Å². The van der Waals surface area contributed by atoms with E-state index in [-0.39, 0.29) is 19.1 Å². The van der Waals surface area contributed by atoms with Gasteiger partial charge in [0.2, 0.25) is 0 Å². The number of likely N-dealkylation sites (tertiary alicyclic amines) is 1. The second kappa shape index (κ2) is 3.69. The average molecular weight is 159 g/mol. The molecule has 1 fully saturated rings. The Morgan fingerprint density at radius 2 is 2.36 bits per heavy atom. The topological polar surface area (TPSA) is 60.8 Å². The zero-order valence-electron chi connectivity index (χ0n) is 6.36. The van der Waals surface area contributed by atoms with Gasteiger partial charge in [0.05, 0.1) is 6.54 Å². The first-order valence-electron chi connectivity index (χ1n) is 3.77. The predicted octanol–water partition coefficient (Wildman–Crippen LogP) is -0.615. The van der Waals surface area contributed by atoms with Gasteiger partial charge in [-0.05, 0) is 18.9 Å². The molecule has 0 amide bonds.